The van der Waals surface area contributed by atoms with E-state index in [9.17, 15) is 9.50 Å². The maximum absolute atomic E-state index is 14.9. The van der Waals surface area contributed by atoms with Gasteiger partial charge in [0.05, 0.1) is 30.1 Å². The lowest BCUT2D eigenvalue weighted by Crippen LogP contribution is -2.55. The highest BCUT2D eigenvalue weighted by Gasteiger charge is 2.43. The van der Waals surface area contributed by atoms with E-state index < -0.39 is 6.17 Å². The molecule has 2 N–H and O–H groups in total. The average Bonchev–Trinajstić information content (AvgIpc) is 3.29. The molecule has 3 aliphatic heterocycles. The number of aromatic nitrogens is 4. The van der Waals surface area contributed by atoms with Gasteiger partial charge in [0.1, 0.15) is 17.7 Å². The summed E-state index contributed by atoms with van der Waals surface area (Å²) in [6, 6.07) is 7.32. The number of fused-ring (bicyclic) bond motifs is 3. The van der Waals surface area contributed by atoms with Crippen molar-refractivity contribution in [1.82, 2.24) is 25.5 Å². The fourth-order valence-electron chi connectivity index (χ4n) is 5.34. The predicted molar refractivity (Wildman–Crippen MR) is 126 cm³/mol. The molecule has 9 heteroatoms. The second-order valence-corrected chi connectivity index (χ2v) is 9.40. The number of phenolic OH excluding ortho intramolecular Hbond substituents is 1. The average molecular weight is 463 g/mol. The molecule has 3 aliphatic rings. The number of anilines is 1. The molecule has 2 bridgehead atoms. The number of piperidine rings is 1. The minimum Gasteiger partial charge on any atom is -0.507 e. The Bertz CT molecular complexity index is 1210. The van der Waals surface area contributed by atoms with Crippen molar-refractivity contribution in [1.29, 1.82) is 0 Å². The van der Waals surface area contributed by atoms with Crippen LogP contribution < -0.4 is 15.0 Å². The number of hydrogen-bond acceptors (Lipinski definition) is 8. The number of rotatable bonds is 4. The Morgan fingerprint density at radius 3 is 2.85 bits per heavy atom. The fraction of sp³-hybridized carbons (Fsp3) is 0.440. The monoisotopic (exact) mass is 462 g/mol. The van der Waals surface area contributed by atoms with Gasteiger partial charge in [0, 0.05) is 30.9 Å². The first-order valence-corrected chi connectivity index (χ1v) is 11.8. The summed E-state index contributed by atoms with van der Waals surface area (Å²) in [7, 11) is 1.84. The number of alkyl halides is 1. The van der Waals surface area contributed by atoms with Crippen molar-refractivity contribution in [2.75, 3.05) is 18.6 Å². The normalized spacial score (nSPS) is 25.5. The molecule has 0 aliphatic carbocycles. The fourth-order valence-corrected chi connectivity index (χ4v) is 5.34. The van der Waals surface area contributed by atoms with Crippen LogP contribution in [0.25, 0.3) is 22.5 Å². The van der Waals surface area contributed by atoms with E-state index in [0.29, 0.717) is 29.9 Å². The van der Waals surface area contributed by atoms with Crippen LogP contribution in [-0.4, -0.2) is 63.2 Å². The van der Waals surface area contributed by atoms with Gasteiger partial charge in [-0.2, -0.15) is 0 Å². The SMILES string of the molecule is CN(c1cnc(-c2ccc(-c3cnc4c(c3)OCCC4)cc2O)nn1)[C@H]1C[C@@H]2CC[C@@H](N2)[C@H]1F. The molecule has 176 valence electrons. The molecule has 6 rings (SSSR count). The summed E-state index contributed by atoms with van der Waals surface area (Å²) in [4.78, 5) is 10.8. The largest absolute Gasteiger partial charge is 0.507 e. The number of nitrogens with one attached hydrogen (secondary N) is 1. The molecule has 8 nitrogen and oxygen atoms in total. The molecule has 0 unspecified atom stereocenters. The lowest BCUT2D eigenvalue weighted by atomic mass is 9.96. The molecule has 3 aromatic rings. The van der Waals surface area contributed by atoms with Gasteiger partial charge in [-0.1, -0.05) is 6.07 Å². The number of hydrogen-bond donors (Lipinski definition) is 2. The van der Waals surface area contributed by atoms with Crippen molar-refractivity contribution in [3.05, 3.63) is 42.4 Å². The highest BCUT2D eigenvalue weighted by Crippen LogP contribution is 2.35. The van der Waals surface area contributed by atoms with E-state index in [4.69, 9.17) is 4.74 Å². The van der Waals surface area contributed by atoms with Crippen LogP contribution in [-0.2, 0) is 6.42 Å². The van der Waals surface area contributed by atoms with E-state index in [1.165, 1.54) is 0 Å². The molecule has 2 saturated heterocycles. The van der Waals surface area contributed by atoms with Gasteiger partial charge in [0.2, 0.25) is 0 Å². The van der Waals surface area contributed by atoms with Gasteiger partial charge in [-0.05, 0) is 55.9 Å². The van der Waals surface area contributed by atoms with Crippen molar-refractivity contribution in [3.8, 4) is 34.0 Å². The predicted octanol–water partition coefficient (Wildman–Crippen LogP) is 3.30. The van der Waals surface area contributed by atoms with Gasteiger partial charge < -0.3 is 20.1 Å². The number of aryl methyl sites for hydroxylation is 1. The van der Waals surface area contributed by atoms with Crippen LogP contribution in [0, 0.1) is 0 Å². The summed E-state index contributed by atoms with van der Waals surface area (Å²) in [5.41, 5.74) is 3.15. The summed E-state index contributed by atoms with van der Waals surface area (Å²) in [5.74, 6) is 1.69. The van der Waals surface area contributed by atoms with Gasteiger partial charge >= 0.3 is 0 Å². The molecule has 1 aromatic carbocycles. The third kappa shape index (κ3) is 3.73. The molecule has 2 aromatic heterocycles. The molecular formula is C25H27FN6O2. The Kier molecular flexibility index (Phi) is 5.28. The first-order chi connectivity index (χ1) is 16.6. The molecule has 4 atom stereocenters. The van der Waals surface area contributed by atoms with E-state index in [1.807, 2.05) is 24.1 Å². The Labute approximate surface area is 197 Å². The van der Waals surface area contributed by atoms with Crippen molar-refractivity contribution < 1.29 is 14.2 Å². The number of pyridine rings is 1. The van der Waals surface area contributed by atoms with Crippen molar-refractivity contribution in [3.63, 3.8) is 0 Å². The zero-order chi connectivity index (χ0) is 23.2. The van der Waals surface area contributed by atoms with Crippen LogP contribution >= 0.6 is 0 Å². The third-order valence-corrected chi connectivity index (χ3v) is 7.28. The number of nitrogens with zero attached hydrogens (tertiary/aromatic N) is 5. The van der Waals surface area contributed by atoms with Crippen molar-refractivity contribution in [2.24, 2.45) is 0 Å². The summed E-state index contributed by atoms with van der Waals surface area (Å²) < 4.78 is 20.6. The van der Waals surface area contributed by atoms with Gasteiger partial charge in [-0.25, -0.2) is 9.37 Å². The minimum atomic E-state index is -0.953. The number of aromatic hydroxyl groups is 1. The van der Waals surface area contributed by atoms with E-state index in [1.54, 1.807) is 24.5 Å². The molecule has 34 heavy (non-hydrogen) atoms. The topological polar surface area (TPSA) is 96.3 Å². The zero-order valence-corrected chi connectivity index (χ0v) is 19.0. The molecule has 0 spiro atoms. The molecular weight excluding hydrogens is 435 g/mol. The Morgan fingerprint density at radius 2 is 2.03 bits per heavy atom. The number of benzene rings is 1. The van der Waals surface area contributed by atoms with Crippen LogP contribution in [0.1, 0.15) is 31.4 Å². The third-order valence-electron chi connectivity index (χ3n) is 7.28. The zero-order valence-electron chi connectivity index (χ0n) is 19.0. The number of ether oxygens (including phenoxy) is 1. The second-order valence-electron chi connectivity index (χ2n) is 9.40. The minimum absolute atomic E-state index is 0.0535. The highest BCUT2D eigenvalue weighted by molar-refractivity contribution is 5.73. The maximum Gasteiger partial charge on any atom is 0.185 e. The van der Waals surface area contributed by atoms with E-state index in [-0.39, 0.29) is 17.8 Å². The Morgan fingerprint density at radius 1 is 1.12 bits per heavy atom. The lowest BCUT2D eigenvalue weighted by Gasteiger charge is -2.38. The Hall–Kier alpha value is -3.33. The van der Waals surface area contributed by atoms with Crippen LogP contribution in [0.15, 0.2) is 36.7 Å². The Balaban J connectivity index is 1.21. The van der Waals surface area contributed by atoms with Crippen LogP contribution in [0.5, 0.6) is 11.5 Å². The van der Waals surface area contributed by atoms with E-state index in [2.05, 4.69) is 25.5 Å². The molecule has 0 amide bonds. The molecule has 0 radical (unpaired) electrons. The van der Waals surface area contributed by atoms with Gasteiger partial charge in [0.15, 0.2) is 11.6 Å². The van der Waals surface area contributed by atoms with Crippen LogP contribution in [0.4, 0.5) is 10.2 Å². The standard InChI is InChI=1S/C25H27FN6O2/c1-32(20-11-16-5-7-19(29-16)24(20)26)23-13-28-25(31-30-23)17-6-4-14(9-21(17)33)15-10-22-18(27-12-15)3-2-8-34-22/h4,6,9-10,12-13,16,19-20,24,29,33H,2-3,5,7-8,11H2,1H3/t16-,19+,20-,24+/m0/s1. The number of phenols is 1. The van der Waals surface area contributed by atoms with E-state index in [0.717, 1.165) is 54.7 Å². The molecule has 0 saturated carbocycles. The highest BCUT2D eigenvalue weighted by atomic mass is 19.1. The first-order valence-electron chi connectivity index (χ1n) is 11.8. The van der Waals surface area contributed by atoms with E-state index >= 15 is 0 Å². The smallest absolute Gasteiger partial charge is 0.185 e. The van der Waals surface area contributed by atoms with Gasteiger partial charge in [-0.3, -0.25) is 4.98 Å². The molecule has 2 fully saturated rings. The van der Waals surface area contributed by atoms with Crippen LogP contribution in [0.3, 0.4) is 0 Å². The lowest BCUT2D eigenvalue weighted by molar-refractivity contribution is 0.176. The summed E-state index contributed by atoms with van der Waals surface area (Å²) >= 11 is 0. The summed E-state index contributed by atoms with van der Waals surface area (Å²) in [6.07, 6.45) is 6.97. The van der Waals surface area contributed by atoms with Crippen LogP contribution in [0.2, 0.25) is 0 Å². The summed E-state index contributed by atoms with van der Waals surface area (Å²) in [5, 5.41) is 22.6. The maximum atomic E-state index is 14.9. The molecule has 5 heterocycles. The second kappa shape index (κ2) is 8.47. The van der Waals surface area contributed by atoms with Crippen molar-refractivity contribution >= 4 is 5.82 Å². The van der Waals surface area contributed by atoms with Gasteiger partial charge in [-0.15, -0.1) is 10.2 Å². The first kappa shape index (κ1) is 21.2. The quantitative estimate of drug-likeness (QED) is 0.610. The summed E-state index contributed by atoms with van der Waals surface area (Å²) in [6.45, 7) is 0.697. The number of halogens is 1. The van der Waals surface area contributed by atoms with Crippen molar-refractivity contribution in [2.45, 2.75) is 56.4 Å². The van der Waals surface area contributed by atoms with Gasteiger partial charge in [0.25, 0.3) is 0 Å².